The molecule has 2 heteroatoms. The zero-order valence-electron chi connectivity index (χ0n) is 7.17. The van der Waals surface area contributed by atoms with E-state index in [-0.39, 0.29) is 0 Å². The van der Waals surface area contributed by atoms with Gasteiger partial charge in [0.1, 0.15) is 0 Å². The number of hydrogen-bond acceptors (Lipinski definition) is 2. The Balaban J connectivity index is 2.35. The molecule has 3 rings (SSSR count). The van der Waals surface area contributed by atoms with Crippen LogP contribution >= 0.6 is 0 Å². The molecule has 0 saturated carbocycles. The van der Waals surface area contributed by atoms with E-state index >= 15 is 0 Å². The maximum Gasteiger partial charge on any atom is 0.0426 e. The standard InChI is InChI=1S/C11H10N2/c1-2-8-4-5-12-6-9-7-13-10(3-1)11(8)9/h1-6,12-13H,7H2. The van der Waals surface area contributed by atoms with Gasteiger partial charge >= 0.3 is 0 Å². The molecule has 2 aliphatic heterocycles. The lowest BCUT2D eigenvalue weighted by molar-refractivity contribution is 1.21. The molecular formula is C11H10N2. The Labute approximate surface area is 77.0 Å². The van der Waals surface area contributed by atoms with E-state index in [1.807, 2.05) is 6.20 Å². The molecule has 1 aromatic rings. The summed E-state index contributed by atoms with van der Waals surface area (Å²) in [5.74, 6) is 0. The fourth-order valence-electron chi connectivity index (χ4n) is 1.90. The highest BCUT2D eigenvalue weighted by atomic mass is 14.9. The SMILES string of the molecule is C1=Cc2cccc3c2C(=CN1)CN3. The van der Waals surface area contributed by atoms with Gasteiger partial charge in [-0.1, -0.05) is 12.1 Å². The predicted molar refractivity (Wildman–Crippen MR) is 55.1 cm³/mol. The van der Waals surface area contributed by atoms with E-state index in [0.717, 1.165) is 6.54 Å². The molecule has 0 saturated heterocycles. The number of rotatable bonds is 0. The number of nitrogens with one attached hydrogen (secondary N) is 2. The lowest BCUT2D eigenvalue weighted by Gasteiger charge is -2.01. The van der Waals surface area contributed by atoms with Crippen LogP contribution in [0, 0.1) is 0 Å². The van der Waals surface area contributed by atoms with Gasteiger partial charge in [0.25, 0.3) is 0 Å². The van der Waals surface area contributed by atoms with Crippen LogP contribution in [0.1, 0.15) is 11.1 Å². The maximum absolute atomic E-state index is 3.37. The van der Waals surface area contributed by atoms with Crippen LogP contribution in [0.4, 0.5) is 5.69 Å². The molecule has 0 aliphatic carbocycles. The summed E-state index contributed by atoms with van der Waals surface area (Å²) in [6.07, 6.45) is 6.14. The van der Waals surface area contributed by atoms with Gasteiger partial charge in [-0.15, -0.1) is 0 Å². The van der Waals surface area contributed by atoms with Gasteiger partial charge in [0, 0.05) is 30.2 Å². The zero-order chi connectivity index (χ0) is 8.67. The Hall–Kier alpha value is -1.70. The summed E-state index contributed by atoms with van der Waals surface area (Å²) in [5, 5.41) is 6.51. The van der Waals surface area contributed by atoms with Crippen molar-refractivity contribution in [1.82, 2.24) is 5.32 Å². The molecular weight excluding hydrogens is 160 g/mol. The van der Waals surface area contributed by atoms with Crippen molar-refractivity contribution in [3.63, 3.8) is 0 Å². The van der Waals surface area contributed by atoms with E-state index in [9.17, 15) is 0 Å². The van der Waals surface area contributed by atoms with Crippen LogP contribution in [-0.2, 0) is 0 Å². The van der Waals surface area contributed by atoms with Crippen molar-refractivity contribution in [2.45, 2.75) is 0 Å². The van der Waals surface area contributed by atoms with Gasteiger partial charge in [0.05, 0.1) is 0 Å². The molecule has 64 valence electrons. The molecule has 0 amide bonds. The van der Waals surface area contributed by atoms with Gasteiger partial charge in [-0.25, -0.2) is 0 Å². The first kappa shape index (κ1) is 6.78. The van der Waals surface area contributed by atoms with E-state index in [4.69, 9.17) is 0 Å². The van der Waals surface area contributed by atoms with Crippen LogP contribution in [0.15, 0.2) is 30.6 Å². The quantitative estimate of drug-likeness (QED) is 0.622. The first-order valence-corrected chi connectivity index (χ1v) is 4.44. The van der Waals surface area contributed by atoms with E-state index in [1.165, 1.54) is 22.4 Å². The van der Waals surface area contributed by atoms with Gasteiger partial charge in [-0.3, -0.25) is 0 Å². The third kappa shape index (κ3) is 0.886. The lowest BCUT2D eigenvalue weighted by atomic mass is 10.0. The Morgan fingerprint density at radius 1 is 1.23 bits per heavy atom. The molecule has 2 N–H and O–H groups in total. The summed E-state index contributed by atoms with van der Waals surface area (Å²) < 4.78 is 0. The third-order valence-electron chi connectivity index (χ3n) is 2.50. The fraction of sp³-hybridized carbons (Fsp3) is 0.0909. The van der Waals surface area contributed by atoms with Crippen LogP contribution in [0.3, 0.4) is 0 Å². The number of hydrogen-bond donors (Lipinski definition) is 2. The minimum absolute atomic E-state index is 0.932. The molecule has 0 atom stereocenters. The molecule has 0 radical (unpaired) electrons. The number of benzene rings is 1. The molecule has 0 unspecified atom stereocenters. The van der Waals surface area contributed by atoms with Crippen molar-refractivity contribution >= 4 is 17.3 Å². The first-order valence-electron chi connectivity index (χ1n) is 4.44. The normalized spacial score (nSPS) is 16.8. The largest absolute Gasteiger partial charge is 0.380 e. The first-order chi connectivity index (χ1) is 6.45. The molecule has 13 heavy (non-hydrogen) atoms. The summed E-state index contributed by atoms with van der Waals surface area (Å²) >= 11 is 0. The van der Waals surface area contributed by atoms with Crippen LogP contribution in [0.25, 0.3) is 11.6 Å². The van der Waals surface area contributed by atoms with Crippen molar-refractivity contribution in [3.05, 3.63) is 41.7 Å². The van der Waals surface area contributed by atoms with Gasteiger partial charge in [0.15, 0.2) is 0 Å². The van der Waals surface area contributed by atoms with E-state index < -0.39 is 0 Å². The second-order valence-electron chi connectivity index (χ2n) is 3.29. The van der Waals surface area contributed by atoms with E-state index in [2.05, 4.69) is 41.1 Å². The highest BCUT2D eigenvalue weighted by Gasteiger charge is 2.18. The van der Waals surface area contributed by atoms with Crippen molar-refractivity contribution in [2.75, 3.05) is 11.9 Å². The summed E-state index contributed by atoms with van der Waals surface area (Å²) in [5.41, 5.74) is 5.23. The second kappa shape index (κ2) is 2.39. The average molecular weight is 170 g/mol. The average Bonchev–Trinajstić information content (AvgIpc) is 2.44. The predicted octanol–water partition coefficient (Wildman–Crippen LogP) is 2.03. The molecule has 0 aromatic heterocycles. The van der Waals surface area contributed by atoms with Gasteiger partial charge in [-0.05, 0) is 23.3 Å². The highest BCUT2D eigenvalue weighted by molar-refractivity contribution is 5.89. The zero-order valence-corrected chi connectivity index (χ0v) is 7.17. The van der Waals surface area contributed by atoms with Crippen LogP contribution in [-0.4, -0.2) is 6.54 Å². The summed E-state index contributed by atoms with van der Waals surface area (Å²) in [7, 11) is 0. The molecule has 1 aromatic carbocycles. The maximum atomic E-state index is 3.37. The third-order valence-corrected chi connectivity index (χ3v) is 2.50. The molecule has 2 heterocycles. The molecule has 0 spiro atoms. The Morgan fingerprint density at radius 2 is 2.23 bits per heavy atom. The molecule has 0 fully saturated rings. The van der Waals surface area contributed by atoms with Gasteiger partial charge in [-0.2, -0.15) is 0 Å². The van der Waals surface area contributed by atoms with Gasteiger partial charge in [0.2, 0.25) is 0 Å². The monoisotopic (exact) mass is 170 g/mol. The number of anilines is 1. The highest BCUT2D eigenvalue weighted by Crippen LogP contribution is 2.34. The summed E-state index contributed by atoms with van der Waals surface area (Å²) in [6.45, 7) is 0.932. The fourth-order valence-corrected chi connectivity index (χ4v) is 1.90. The van der Waals surface area contributed by atoms with Crippen molar-refractivity contribution in [3.8, 4) is 0 Å². The minimum atomic E-state index is 0.932. The van der Waals surface area contributed by atoms with Crippen LogP contribution in [0.2, 0.25) is 0 Å². The van der Waals surface area contributed by atoms with E-state index in [1.54, 1.807) is 0 Å². The van der Waals surface area contributed by atoms with Gasteiger partial charge < -0.3 is 10.6 Å². The Bertz CT molecular complexity index is 416. The molecule has 2 nitrogen and oxygen atoms in total. The molecule has 2 aliphatic rings. The van der Waals surface area contributed by atoms with Crippen molar-refractivity contribution in [2.24, 2.45) is 0 Å². The van der Waals surface area contributed by atoms with E-state index in [0.29, 0.717) is 0 Å². The van der Waals surface area contributed by atoms with Crippen molar-refractivity contribution < 1.29 is 0 Å². The Morgan fingerprint density at radius 3 is 3.23 bits per heavy atom. The smallest absolute Gasteiger partial charge is 0.0426 e. The lowest BCUT2D eigenvalue weighted by Crippen LogP contribution is -1.96. The topological polar surface area (TPSA) is 24.1 Å². The minimum Gasteiger partial charge on any atom is -0.380 e. The second-order valence-corrected chi connectivity index (χ2v) is 3.29. The van der Waals surface area contributed by atoms with Crippen LogP contribution in [0.5, 0.6) is 0 Å². The Kier molecular flexibility index (Phi) is 1.25. The van der Waals surface area contributed by atoms with Crippen molar-refractivity contribution in [1.29, 1.82) is 0 Å². The van der Waals surface area contributed by atoms with Crippen LogP contribution < -0.4 is 10.6 Å². The molecule has 0 bridgehead atoms. The summed E-state index contributed by atoms with van der Waals surface area (Å²) in [6, 6.07) is 6.35. The summed E-state index contributed by atoms with van der Waals surface area (Å²) in [4.78, 5) is 0.